The van der Waals surface area contributed by atoms with Crippen LogP contribution in [-0.2, 0) is 0 Å². The lowest BCUT2D eigenvalue weighted by Crippen LogP contribution is -2.32. The molecule has 0 aliphatic heterocycles. The van der Waals surface area contributed by atoms with Crippen molar-refractivity contribution >= 4 is 17.5 Å². The van der Waals surface area contributed by atoms with Crippen molar-refractivity contribution in [3.8, 4) is 0 Å². The Balaban J connectivity index is 1.83. The SMILES string of the molecule is Cc1cccc(C(=O)NCCNC2CC2)c1Cl. The van der Waals surface area contributed by atoms with Crippen molar-refractivity contribution in [3.05, 3.63) is 34.3 Å². The quantitative estimate of drug-likeness (QED) is 0.789. The molecule has 0 unspecified atom stereocenters. The van der Waals surface area contributed by atoms with Gasteiger partial charge in [-0.1, -0.05) is 23.7 Å². The van der Waals surface area contributed by atoms with Gasteiger partial charge < -0.3 is 10.6 Å². The van der Waals surface area contributed by atoms with Gasteiger partial charge in [0.1, 0.15) is 0 Å². The minimum atomic E-state index is -0.101. The van der Waals surface area contributed by atoms with Gasteiger partial charge >= 0.3 is 0 Å². The monoisotopic (exact) mass is 252 g/mol. The molecule has 2 N–H and O–H groups in total. The Bertz CT molecular complexity index is 416. The average Bonchev–Trinajstić information content (AvgIpc) is 3.12. The van der Waals surface area contributed by atoms with E-state index in [0.717, 1.165) is 12.1 Å². The van der Waals surface area contributed by atoms with Crippen LogP contribution in [0.15, 0.2) is 18.2 Å². The summed E-state index contributed by atoms with van der Waals surface area (Å²) in [6, 6.07) is 6.17. The molecule has 17 heavy (non-hydrogen) atoms. The van der Waals surface area contributed by atoms with Crippen LogP contribution in [0.5, 0.6) is 0 Å². The number of carbonyl (C=O) groups is 1. The predicted octanol–water partition coefficient (Wildman–Crippen LogP) is 2.13. The summed E-state index contributed by atoms with van der Waals surface area (Å²) in [5, 5.41) is 6.75. The summed E-state index contributed by atoms with van der Waals surface area (Å²) < 4.78 is 0. The summed E-state index contributed by atoms with van der Waals surface area (Å²) in [7, 11) is 0. The second-order valence-electron chi connectivity index (χ2n) is 4.42. The maximum absolute atomic E-state index is 11.9. The van der Waals surface area contributed by atoms with Crippen molar-refractivity contribution in [1.82, 2.24) is 10.6 Å². The zero-order valence-corrected chi connectivity index (χ0v) is 10.7. The summed E-state index contributed by atoms with van der Waals surface area (Å²) in [5.41, 5.74) is 1.48. The van der Waals surface area contributed by atoms with Gasteiger partial charge in [-0.25, -0.2) is 0 Å². The van der Waals surface area contributed by atoms with Crippen LogP contribution in [0.3, 0.4) is 0 Å². The van der Waals surface area contributed by atoms with Crippen molar-refractivity contribution in [1.29, 1.82) is 0 Å². The highest BCUT2D eigenvalue weighted by Crippen LogP contribution is 2.20. The Morgan fingerprint density at radius 1 is 1.41 bits per heavy atom. The van der Waals surface area contributed by atoms with Gasteiger partial charge in [0.25, 0.3) is 5.91 Å². The third-order valence-corrected chi connectivity index (χ3v) is 3.36. The third-order valence-electron chi connectivity index (χ3n) is 2.86. The van der Waals surface area contributed by atoms with Gasteiger partial charge in [-0.3, -0.25) is 4.79 Å². The van der Waals surface area contributed by atoms with Crippen molar-refractivity contribution in [2.24, 2.45) is 0 Å². The molecule has 0 aromatic heterocycles. The van der Waals surface area contributed by atoms with E-state index in [1.54, 1.807) is 6.07 Å². The molecule has 0 bridgehead atoms. The molecule has 1 aromatic carbocycles. The topological polar surface area (TPSA) is 41.1 Å². The number of hydrogen-bond donors (Lipinski definition) is 2. The number of amides is 1. The molecule has 0 spiro atoms. The zero-order chi connectivity index (χ0) is 12.3. The van der Waals surface area contributed by atoms with Crippen LogP contribution in [0.2, 0.25) is 5.02 Å². The Kier molecular flexibility index (Phi) is 4.02. The molecule has 1 aliphatic carbocycles. The molecule has 4 heteroatoms. The predicted molar refractivity (Wildman–Crippen MR) is 69.5 cm³/mol. The van der Waals surface area contributed by atoms with Gasteiger partial charge in [0.2, 0.25) is 0 Å². The molecule has 0 atom stereocenters. The molecular weight excluding hydrogens is 236 g/mol. The summed E-state index contributed by atoms with van der Waals surface area (Å²) >= 11 is 6.08. The summed E-state index contributed by atoms with van der Waals surface area (Å²) in [6.07, 6.45) is 2.52. The number of aryl methyl sites for hydroxylation is 1. The number of rotatable bonds is 5. The van der Waals surface area contributed by atoms with E-state index in [0.29, 0.717) is 23.2 Å². The molecule has 2 rings (SSSR count). The molecule has 3 nitrogen and oxygen atoms in total. The summed E-state index contributed by atoms with van der Waals surface area (Å²) in [4.78, 5) is 11.9. The van der Waals surface area contributed by atoms with E-state index < -0.39 is 0 Å². The first-order chi connectivity index (χ1) is 8.18. The highest BCUT2D eigenvalue weighted by Gasteiger charge is 2.19. The van der Waals surface area contributed by atoms with Crippen molar-refractivity contribution in [3.63, 3.8) is 0 Å². The van der Waals surface area contributed by atoms with E-state index in [1.807, 2.05) is 19.1 Å². The van der Waals surface area contributed by atoms with Crippen LogP contribution in [0.25, 0.3) is 0 Å². The van der Waals surface area contributed by atoms with Gasteiger partial charge in [0.15, 0.2) is 0 Å². The maximum Gasteiger partial charge on any atom is 0.252 e. The van der Waals surface area contributed by atoms with Crippen LogP contribution >= 0.6 is 11.6 Å². The Labute approximate surface area is 107 Å². The van der Waals surface area contributed by atoms with Gasteiger partial charge in [-0.15, -0.1) is 0 Å². The minimum absolute atomic E-state index is 0.101. The van der Waals surface area contributed by atoms with Gasteiger partial charge in [0, 0.05) is 19.1 Å². The molecular formula is C13H17ClN2O. The molecule has 1 aromatic rings. The molecule has 0 radical (unpaired) electrons. The van der Waals surface area contributed by atoms with E-state index in [1.165, 1.54) is 12.8 Å². The number of benzene rings is 1. The summed E-state index contributed by atoms with van der Waals surface area (Å²) in [6.45, 7) is 3.35. The highest BCUT2D eigenvalue weighted by atomic mass is 35.5. The molecule has 0 heterocycles. The van der Waals surface area contributed by atoms with E-state index in [2.05, 4.69) is 10.6 Å². The maximum atomic E-state index is 11.9. The summed E-state index contributed by atoms with van der Waals surface area (Å²) in [5.74, 6) is -0.101. The lowest BCUT2D eigenvalue weighted by atomic mass is 10.1. The van der Waals surface area contributed by atoms with E-state index >= 15 is 0 Å². The molecule has 1 aliphatic rings. The van der Waals surface area contributed by atoms with Crippen LogP contribution in [0, 0.1) is 6.92 Å². The van der Waals surface area contributed by atoms with Crippen molar-refractivity contribution in [2.45, 2.75) is 25.8 Å². The number of nitrogens with one attached hydrogen (secondary N) is 2. The molecule has 1 amide bonds. The Morgan fingerprint density at radius 2 is 2.18 bits per heavy atom. The molecule has 0 saturated heterocycles. The van der Waals surface area contributed by atoms with Gasteiger partial charge in [0.05, 0.1) is 10.6 Å². The normalized spacial score (nSPS) is 14.7. The average molecular weight is 253 g/mol. The van der Waals surface area contributed by atoms with Crippen LogP contribution in [-0.4, -0.2) is 25.0 Å². The third kappa shape index (κ3) is 3.45. The smallest absolute Gasteiger partial charge is 0.252 e. The lowest BCUT2D eigenvalue weighted by molar-refractivity contribution is 0.0954. The van der Waals surface area contributed by atoms with E-state index in [-0.39, 0.29) is 5.91 Å². The van der Waals surface area contributed by atoms with E-state index in [4.69, 9.17) is 11.6 Å². The number of hydrogen-bond acceptors (Lipinski definition) is 2. The zero-order valence-electron chi connectivity index (χ0n) is 9.92. The fourth-order valence-corrected chi connectivity index (χ4v) is 1.87. The first-order valence-electron chi connectivity index (χ1n) is 5.95. The standard InChI is InChI=1S/C13H17ClN2O/c1-9-3-2-4-11(12(9)14)13(17)16-8-7-15-10-5-6-10/h2-4,10,15H,5-8H2,1H3,(H,16,17). The van der Waals surface area contributed by atoms with Gasteiger partial charge in [-0.05, 0) is 31.4 Å². The first-order valence-corrected chi connectivity index (χ1v) is 6.33. The van der Waals surface area contributed by atoms with Crippen LogP contribution in [0.4, 0.5) is 0 Å². The first kappa shape index (κ1) is 12.4. The second-order valence-corrected chi connectivity index (χ2v) is 4.80. The lowest BCUT2D eigenvalue weighted by Gasteiger charge is -2.08. The molecule has 1 fully saturated rings. The van der Waals surface area contributed by atoms with Crippen LogP contribution < -0.4 is 10.6 Å². The van der Waals surface area contributed by atoms with E-state index in [9.17, 15) is 4.79 Å². The number of carbonyl (C=O) groups excluding carboxylic acids is 1. The Morgan fingerprint density at radius 3 is 2.88 bits per heavy atom. The second kappa shape index (κ2) is 5.52. The van der Waals surface area contributed by atoms with Crippen LogP contribution in [0.1, 0.15) is 28.8 Å². The minimum Gasteiger partial charge on any atom is -0.351 e. The molecule has 92 valence electrons. The van der Waals surface area contributed by atoms with Crippen molar-refractivity contribution < 1.29 is 4.79 Å². The largest absolute Gasteiger partial charge is 0.351 e. The fourth-order valence-electron chi connectivity index (χ4n) is 1.66. The van der Waals surface area contributed by atoms with Crippen molar-refractivity contribution in [2.75, 3.05) is 13.1 Å². The highest BCUT2D eigenvalue weighted by molar-refractivity contribution is 6.34. The fraction of sp³-hybridized carbons (Fsp3) is 0.462. The Hall–Kier alpha value is -1.06. The molecule has 1 saturated carbocycles. The number of halogens is 1. The van der Waals surface area contributed by atoms with Gasteiger partial charge in [-0.2, -0.15) is 0 Å².